The number of nitrogens with zero attached hydrogens (tertiary/aromatic N) is 2. The third kappa shape index (κ3) is 19.7. The summed E-state index contributed by atoms with van der Waals surface area (Å²) in [6.45, 7) is 11.1. The Bertz CT molecular complexity index is 537. The molecule has 0 spiro atoms. The van der Waals surface area contributed by atoms with Gasteiger partial charge in [-0.1, -0.05) is 78.6 Å². The van der Waals surface area contributed by atoms with Crippen LogP contribution < -0.4 is 9.46 Å². The van der Waals surface area contributed by atoms with E-state index in [9.17, 15) is 9.46 Å². The van der Waals surface area contributed by atoms with Gasteiger partial charge in [-0.15, -0.1) is 0 Å². The minimum absolute atomic E-state index is 0.226. The van der Waals surface area contributed by atoms with E-state index >= 15 is 0 Å². The predicted octanol–water partition coefficient (Wildman–Crippen LogP) is 6.41. The molecule has 0 radical (unpaired) electrons. The van der Waals surface area contributed by atoms with Gasteiger partial charge in [-0.05, 0) is 32.6 Å². The van der Waals surface area contributed by atoms with Crippen molar-refractivity contribution in [2.75, 3.05) is 13.2 Å². The van der Waals surface area contributed by atoms with E-state index in [2.05, 4.69) is 50.8 Å². The first-order valence-corrected chi connectivity index (χ1v) is 14.1. The maximum absolute atomic E-state index is 11.0. The second kappa shape index (κ2) is 21.2. The molecule has 0 aromatic carbocycles. The van der Waals surface area contributed by atoms with Crippen molar-refractivity contribution in [1.29, 1.82) is 0 Å². The van der Waals surface area contributed by atoms with Gasteiger partial charge >= 0.3 is 0 Å². The Morgan fingerprint density at radius 1 is 0.774 bits per heavy atom. The standard InChI is InChI=1S/C16H31N2.C8H19O4P/c1-3-5-6-7-8-9-10-11-12-13-18-15-14-17(4-2)16-18;1-3-5-7-11-13(9,10)12-8-6-4-2/h14-16H,3-13H2,1-2H3;3-8H2,1-2H3,(H,9,10)/q+1;/p-1. The van der Waals surface area contributed by atoms with Crippen LogP contribution in [0.15, 0.2) is 18.7 Å². The van der Waals surface area contributed by atoms with Gasteiger partial charge in [-0.25, -0.2) is 9.13 Å². The van der Waals surface area contributed by atoms with Gasteiger partial charge < -0.3 is 13.9 Å². The minimum atomic E-state index is -4.00. The number of rotatable bonds is 19. The molecule has 0 bridgehead atoms. The zero-order valence-electron chi connectivity index (χ0n) is 20.7. The zero-order valence-corrected chi connectivity index (χ0v) is 21.6. The lowest BCUT2D eigenvalue weighted by Gasteiger charge is -2.22. The maximum Gasteiger partial charge on any atom is 0.267 e. The summed E-state index contributed by atoms with van der Waals surface area (Å²) in [6, 6.07) is 0. The number of hydrogen-bond donors (Lipinski definition) is 0. The Morgan fingerprint density at radius 2 is 1.26 bits per heavy atom. The molecule has 0 atom stereocenters. The summed E-state index contributed by atoms with van der Waals surface area (Å²) in [4.78, 5) is 11.0. The average Bonchev–Trinajstić information content (AvgIpc) is 3.21. The number of unbranched alkanes of at least 4 members (excludes halogenated alkanes) is 10. The molecular weight excluding hydrogens is 411 g/mol. The summed E-state index contributed by atoms with van der Waals surface area (Å²) < 4.78 is 24.7. The summed E-state index contributed by atoms with van der Waals surface area (Å²) in [5, 5.41) is 0. The van der Waals surface area contributed by atoms with Crippen LogP contribution >= 0.6 is 7.82 Å². The van der Waals surface area contributed by atoms with E-state index in [0.717, 1.165) is 32.2 Å². The number of phosphoric acid groups is 1. The van der Waals surface area contributed by atoms with E-state index in [1.54, 1.807) is 0 Å². The number of phosphoric ester groups is 1. The number of aromatic nitrogens is 2. The lowest BCUT2D eigenvalue weighted by Crippen LogP contribution is -2.30. The first-order valence-electron chi connectivity index (χ1n) is 12.6. The van der Waals surface area contributed by atoms with Crippen LogP contribution in [0.25, 0.3) is 0 Å². The zero-order chi connectivity index (χ0) is 23.2. The van der Waals surface area contributed by atoms with Gasteiger partial charge in [0.25, 0.3) is 7.82 Å². The van der Waals surface area contributed by atoms with Gasteiger partial charge in [0.2, 0.25) is 6.33 Å². The Morgan fingerprint density at radius 3 is 1.71 bits per heavy atom. The monoisotopic (exact) mass is 460 g/mol. The topological polar surface area (TPSA) is 67.4 Å². The van der Waals surface area contributed by atoms with Gasteiger partial charge in [0.05, 0.1) is 26.3 Å². The second-order valence-corrected chi connectivity index (χ2v) is 9.54. The SMILES string of the molecule is CCCCCCCCCCC[n+]1ccn(CC)c1.CCCCOP(=O)([O-])OCCCC. The Labute approximate surface area is 192 Å². The highest BCUT2D eigenvalue weighted by Crippen LogP contribution is 2.38. The molecule has 1 heterocycles. The highest BCUT2D eigenvalue weighted by atomic mass is 31.2. The van der Waals surface area contributed by atoms with E-state index in [1.165, 1.54) is 64.3 Å². The van der Waals surface area contributed by atoms with Gasteiger partial charge in [0.1, 0.15) is 12.4 Å². The molecule has 0 fully saturated rings. The normalized spacial score (nSPS) is 11.4. The van der Waals surface area contributed by atoms with Crippen molar-refractivity contribution in [3.63, 3.8) is 0 Å². The molecule has 7 heteroatoms. The summed E-state index contributed by atoms with van der Waals surface area (Å²) in [7, 11) is -4.00. The molecule has 184 valence electrons. The molecule has 1 rings (SSSR count). The molecule has 0 N–H and O–H groups in total. The van der Waals surface area contributed by atoms with E-state index < -0.39 is 7.82 Å². The fourth-order valence-electron chi connectivity index (χ4n) is 3.04. The molecule has 0 saturated heterocycles. The van der Waals surface area contributed by atoms with Crippen LogP contribution in [0, 0.1) is 0 Å². The number of imidazole rings is 1. The van der Waals surface area contributed by atoms with Crippen LogP contribution in [0.2, 0.25) is 0 Å². The maximum atomic E-state index is 11.0. The van der Waals surface area contributed by atoms with Crippen LogP contribution in [0.3, 0.4) is 0 Å². The molecular formula is C24H49N2O4P. The van der Waals surface area contributed by atoms with Gasteiger partial charge in [0.15, 0.2) is 0 Å². The lowest BCUT2D eigenvalue weighted by molar-refractivity contribution is -0.696. The molecule has 0 saturated carbocycles. The summed E-state index contributed by atoms with van der Waals surface area (Å²) >= 11 is 0. The summed E-state index contributed by atoms with van der Waals surface area (Å²) in [6.07, 6.45) is 22.5. The largest absolute Gasteiger partial charge is 0.756 e. The highest BCUT2D eigenvalue weighted by molar-refractivity contribution is 7.45. The van der Waals surface area contributed by atoms with Crippen molar-refractivity contribution >= 4 is 7.82 Å². The molecule has 0 amide bonds. The number of aryl methyl sites for hydroxylation is 2. The quantitative estimate of drug-likeness (QED) is 0.136. The molecule has 0 unspecified atom stereocenters. The van der Waals surface area contributed by atoms with Gasteiger partial charge in [-0.2, -0.15) is 0 Å². The molecule has 1 aromatic heterocycles. The van der Waals surface area contributed by atoms with E-state index in [0.29, 0.717) is 0 Å². The third-order valence-corrected chi connectivity index (χ3v) is 6.12. The van der Waals surface area contributed by atoms with Crippen molar-refractivity contribution in [3.8, 4) is 0 Å². The average molecular weight is 461 g/mol. The fourth-order valence-corrected chi connectivity index (χ4v) is 3.82. The molecule has 0 aliphatic carbocycles. The summed E-state index contributed by atoms with van der Waals surface area (Å²) in [5.41, 5.74) is 0. The van der Waals surface area contributed by atoms with Crippen LogP contribution in [-0.4, -0.2) is 17.8 Å². The van der Waals surface area contributed by atoms with Crippen molar-refractivity contribution in [1.82, 2.24) is 4.57 Å². The van der Waals surface area contributed by atoms with Crippen LogP contribution in [0.4, 0.5) is 0 Å². The van der Waals surface area contributed by atoms with Crippen molar-refractivity contribution in [2.24, 2.45) is 0 Å². The van der Waals surface area contributed by atoms with Crippen LogP contribution in [0.1, 0.15) is 111 Å². The van der Waals surface area contributed by atoms with E-state index in [1.807, 2.05) is 13.8 Å². The van der Waals surface area contributed by atoms with Crippen molar-refractivity contribution in [2.45, 2.75) is 124 Å². The number of hydrogen-bond acceptors (Lipinski definition) is 4. The Balaban J connectivity index is 0.000000615. The fraction of sp³-hybridized carbons (Fsp3) is 0.875. The summed E-state index contributed by atoms with van der Waals surface area (Å²) in [5.74, 6) is 0. The van der Waals surface area contributed by atoms with E-state index in [4.69, 9.17) is 0 Å². The minimum Gasteiger partial charge on any atom is -0.756 e. The molecule has 31 heavy (non-hydrogen) atoms. The first kappa shape index (κ1) is 30.3. The van der Waals surface area contributed by atoms with Crippen LogP contribution in [0.5, 0.6) is 0 Å². The third-order valence-electron chi connectivity index (χ3n) is 5.13. The van der Waals surface area contributed by atoms with Gasteiger partial charge in [-0.3, -0.25) is 4.57 Å². The van der Waals surface area contributed by atoms with Gasteiger partial charge in [0, 0.05) is 0 Å². The van der Waals surface area contributed by atoms with E-state index in [-0.39, 0.29) is 13.2 Å². The molecule has 6 nitrogen and oxygen atoms in total. The molecule has 0 aliphatic heterocycles. The lowest BCUT2D eigenvalue weighted by atomic mass is 10.1. The Kier molecular flexibility index (Phi) is 20.7. The first-order chi connectivity index (χ1) is 15.0. The van der Waals surface area contributed by atoms with Crippen molar-refractivity contribution < 1.29 is 23.1 Å². The Hall–Kier alpha value is -0.680. The highest BCUT2D eigenvalue weighted by Gasteiger charge is 2.07. The second-order valence-electron chi connectivity index (χ2n) is 8.13. The molecule has 0 aliphatic rings. The smallest absolute Gasteiger partial charge is 0.267 e. The van der Waals surface area contributed by atoms with Crippen LogP contribution in [-0.2, 0) is 26.7 Å². The predicted molar refractivity (Wildman–Crippen MR) is 127 cm³/mol. The van der Waals surface area contributed by atoms with Crippen molar-refractivity contribution in [3.05, 3.63) is 18.7 Å². The molecule has 1 aromatic rings.